The van der Waals surface area contributed by atoms with E-state index in [4.69, 9.17) is 26.3 Å². The van der Waals surface area contributed by atoms with Gasteiger partial charge in [0, 0.05) is 47.8 Å². The van der Waals surface area contributed by atoms with E-state index in [-0.39, 0.29) is 22.8 Å². The Morgan fingerprint density at radius 3 is 2.49 bits per heavy atom. The fraction of sp³-hybridized carbons (Fsp3) is 0.300. The maximum atomic E-state index is 15.0. The summed E-state index contributed by atoms with van der Waals surface area (Å²) in [5, 5.41) is 9.46. The zero-order chi connectivity index (χ0) is 27.7. The monoisotopic (exact) mass is 548 g/mol. The fourth-order valence-corrected chi connectivity index (χ4v) is 5.59. The number of nitrogens with zero attached hydrogens (tertiary/aromatic N) is 4. The van der Waals surface area contributed by atoms with E-state index < -0.39 is 11.6 Å². The summed E-state index contributed by atoms with van der Waals surface area (Å²) in [4.78, 5) is 20.0. The molecule has 5 rings (SSSR count). The summed E-state index contributed by atoms with van der Waals surface area (Å²) in [6, 6.07) is 12.2. The number of likely N-dealkylation sites (tertiary alicyclic amines) is 1. The lowest BCUT2D eigenvalue weighted by Gasteiger charge is -2.29. The summed E-state index contributed by atoms with van der Waals surface area (Å²) in [6.45, 7) is 6.07. The molecule has 0 aliphatic carbocycles. The lowest BCUT2D eigenvalue weighted by Crippen LogP contribution is -2.33. The zero-order valence-corrected chi connectivity index (χ0v) is 22.4. The second-order valence-electron chi connectivity index (χ2n) is 9.89. The van der Waals surface area contributed by atoms with Gasteiger partial charge in [-0.05, 0) is 81.2 Å². The van der Waals surface area contributed by atoms with Gasteiger partial charge < -0.3 is 9.32 Å². The predicted octanol–water partition coefficient (Wildman–Crippen LogP) is 6.80. The van der Waals surface area contributed by atoms with Gasteiger partial charge in [-0.1, -0.05) is 11.6 Å². The van der Waals surface area contributed by atoms with E-state index in [1.807, 2.05) is 13.8 Å². The first-order chi connectivity index (χ1) is 18.7. The van der Waals surface area contributed by atoms with E-state index in [1.165, 1.54) is 22.8 Å². The number of rotatable bonds is 6. The molecule has 0 spiro atoms. The molecule has 39 heavy (non-hydrogen) atoms. The summed E-state index contributed by atoms with van der Waals surface area (Å²) >= 11 is 6.21. The van der Waals surface area contributed by atoms with Crippen molar-refractivity contribution in [2.75, 3.05) is 19.6 Å². The molecule has 0 atom stereocenters. The van der Waals surface area contributed by atoms with Gasteiger partial charge in [-0.3, -0.25) is 9.36 Å². The number of halogens is 3. The molecule has 9 heteroatoms. The van der Waals surface area contributed by atoms with Gasteiger partial charge >= 0.3 is 0 Å². The van der Waals surface area contributed by atoms with Crippen LogP contribution in [0.2, 0.25) is 5.02 Å². The number of nitriles is 1. The minimum Gasteiger partial charge on any atom is -0.440 e. The van der Waals surface area contributed by atoms with Crippen LogP contribution in [0, 0.1) is 36.8 Å². The van der Waals surface area contributed by atoms with Crippen LogP contribution in [0.25, 0.3) is 28.3 Å². The van der Waals surface area contributed by atoms with Crippen molar-refractivity contribution in [1.82, 2.24) is 14.5 Å². The van der Waals surface area contributed by atoms with Crippen LogP contribution in [0.3, 0.4) is 0 Å². The van der Waals surface area contributed by atoms with E-state index in [0.717, 1.165) is 49.7 Å². The van der Waals surface area contributed by atoms with Gasteiger partial charge in [-0.2, -0.15) is 5.26 Å². The highest BCUT2D eigenvalue weighted by Crippen LogP contribution is 2.38. The highest BCUT2D eigenvalue weighted by Gasteiger charge is 2.28. The van der Waals surface area contributed by atoms with Crippen molar-refractivity contribution in [2.45, 2.75) is 39.0 Å². The number of hydrogen-bond acceptors (Lipinski definition) is 5. The molecule has 0 unspecified atom stereocenters. The van der Waals surface area contributed by atoms with E-state index in [1.54, 1.807) is 24.4 Å². The first-order valence-electron chi connectivity index (χ1n) is 12.8. The molecule has 1 aliphatic rings. The van der Waals surface area contributed by atoms with Crippen LogP contribution in [0.4, 0.5) is 8.78 Å². The standard InChI is InChI=1S/C30H27ClF2N4O2/c1-18-14-22(31)15-19(2)28(18)37-17-21(4-7-26(37)38)27-29(24-6-5-23(32)16-25(24)33)39-30(35-27)20-8-12-36(13-9-20)11-3-10-34/h4-7,14-17,20H,3,8-9,11-13H2,1-2H3. The molecule has 6 nitrogen and oxygen atoms in total. The van der Waals surface area contributed by atoms with Crippen molar-refractivity contribution >= 4 is 11.6 Å². The van der Waals surface area contributed by atoms with Crippen molar-refractivity contribution in [3.8, 4) is 34.3 Å². The normalized spacial score (nSPS) is 14.5. The summed E-state index contributed by atoms with van der Waals surface area (Å²) in [5.41, 5.74) is 3.14. The zero-order valence-electron chi connectivity index (χ0n) is 21.7. The van der Waals surface area contributed by atoms with Crippen LogP contribution in [-0.2, 0) is 0 Å². The Kier molecular flexibility index (Phi) is 7.65. The maximum absolute atomic E-state index is 15.0. The van der Waals surface area contributed by atoms with E-state index in [9.17, 15) is 13.6 Å². The second-order valence-corrected chi connectivity index (χ2v) is 10.3. The molecule has 0 amide bonds. The Balaban J connectivity index is 1.60. The Bertz CT molecular complexity index is 1610. The van der Waals surface area contributed by atoms with Crippen molar-refractivity contribution in [2.24, 2.45) is 0 Å². The number of aromatic nitrogens is 2. The Labute approximate surface area is 230 Å². The van der Waals surface area contributed by atoms with Crippen molar-refractivity contribution < 1.29 is 13.2 Å². The highest BCUT2D eigenvalue weighted by atomic mass is 35.5. The maximum Gasteiger partial charge on any atom is 0.255 e. The smallest absolute Gasteiger partial charge is 0.255 e. The molecule has 2 aromatic heterocycles. The number of piperidine rings is 1. The lowest BCUT2D eigenvalue weighted by molar-refractivity contribution is 0.204. The second kappa shape index (κ2) is 11.1. The van der Waals surface area contributed by atoms with E-state index >= 15 is 0 Å². The van der Waals surface area contributed by atoms with Gasteiger partial charge in [0.25, 0.3) is 5.56 Å². The number of oxazole rings is 1. The van der Waals surface area contributed by atoms with Gasteiger partial charge in [-0.15, -0.1) is 0 Å². The van der Waals surface area contributed by atoms with Crippen LogP contribution in [-0.4, -0.2) is 34.1 Å². The third kappa shape index (κ3) is 5.51. The topological polar surface area (TPSA) is 75.1 Å². The number of aryl methyl sites for hydroxylation is 2. The molecule has 1 fully saturated rings. The quantitative estimate of drug-likeness (QED) is 0.265. The first kappa shape index (κ1) is 26.8. The molecular formula is C30H27ClF2N4O2. The Hall–Kier alpha value is -3.80. The molecule has 2 aromatic carbocycles. The molecule has 0 bridgehead atoms. The number of benzene rings is 2. The van der Waals surface area contributed by atoms with Gasteiger partial charge in [0.2, 0.25) is 0 Å². The summed E-state index contributed by atoms with van der Waals surface area (Å²) in [7, 11) is 0. The van der Waals surface area contributed by atoms with E-state index in [2.05, 4.69) is 11.0 Å². The van der Waals surface area contributed by atoms with Crippen LogP contribution in [0.1, 0.15) is 42.2 Å². The van der Waals surface area contributed by atoms with E-state index in [0.29, 0.717) is 34.3 Å². The molecule has 4 aromatic rings. The van der Waals surface area contributed by atoms with Crippen LogP contribution in [0.5, 0.6) is 0 Å². The lowest BCUT2D eigenvalue weighted by atomic mass is 9.96. The summed E-state index contributed by atoms with van der Waals surface area (Å²) in [5.74, 6) is -0.789. The van der Waals surface area contributed by atoms with Crippen LogP contribution >= 0.6 is 11.6 Å². The molecule has 200 valence electrons. The van der Waals surface area contributed by atoms with Gasteiger partial charge in [0.1, 0.15) is 17.3 Å². The Morgan fingerprint density at radius 2 is 1.82 bits per heavy atom. The van der Waals surface area contributed by atoms with Crippen molar-refractivity contribution in [3.05, 3.63) is 92.7 Å². The third-order valence-electron chi connectivity index (χ3n) is 7.18. The summed E-state index contributed by atoms with van der Waals surface area (Å²) in [6.07, 6.45) is 3.70. The van der Waals surface area contributed by atoms with Gasteiger partial charge in [0.05, 0.1) is 17.3 Å². The SMILES string of the molecule is Cc1cc(Cl)cc(C)c1-n1cc(-c2nc(C3CCN(CCC#N)CC3)oc2-c2ccc(F)cc2F)ccc1=O. The molecule has 3 heterocycles. The fourth-order valence-electron chi connectivity index (χ4n) is 5.26. The number of pyridine rings is 1. The van der Waals surface area contributed by atoms with Crippen LogP contribution < -0.4 is 5.56 Å². The first-order valence-corrected chi connectivity index (χ1v) is 13.2. The minimum atomic E-state index is -0.761. The highest BCUT2D eigenvalue weighted by molar-refractivity contribution is 6.30. The molecular weight excluding hydrogens is 522 g/mol. The average Bonchev–Trinajstić information content (AvgIpc) is 3.33. The average molecular weight is 549 g/mol. The Morgan fingerprint density at radius 1 is 1.10 bits per heavy atom. The van der Waals surface area contributed by atoms with Crippen LogP contribution in [0.15, 0.2) is 57.9 Å². The largest absolute Gasteiger partial charge is 0.440 e. The predicted molar refractivity (Wildman–Crippen MR) is 146 cm³/mol. The number of hydrogen-bond donors (Lipinski definition) is 0. The minimum absolute atomic E-state index is 0.00556. The molecule has 0 N–H and O–H groups in total. The molecule has 1 saturated heterocycles. The van der Waals surface area contributed by atoms with Crippen molar-refractivity contribution in [1.29, 1.82) is 5.26 Å². The summed E-state index contributed by atoms with van der Waals surface area (Å²) < 4.78 is 36.5. The molecule has 1 aliphatic heterocycles. The molecule has 0 saturated carbocycles. The van der Waals surface area contributed by atoms with Gasteiger partial charge in [0.15, 0.2) is 11.7 Å². The molecule has 0 radical (unpaired) electrons. The van der Waals surface area contributed by atoms with Crippen molar-refractivity contribution in [3.63, 3.8) is 0 Å². The van der Waals surface area contributed by atoms with Gasteiger partial charge in [-0.25, -0.2) is 13.8 Å². The third-order valence-corrected chi connectivity index (χ3v) is 7.40.